The van der Waals surface area contributed by atoms with Gasteiger partial charge in [-0.05, 0) is 53.1 Å². The monoisotopic (exact) mass is 360 g/mol. The molecule has 0 bridgehead atoms. The molecular weight excluding hydrogens is 344 g/mol. The van der Waals surface area contributed by atoms with Crippen molar-refractivity contribution in [1.82, 2.24) is 9.97 Å². The number of anilines is 3. The molecule has 0 saturated carbocycles. The first-order valence-corrected chi connectivity index (χ1v) is 8.62. The molecule has 0 spiro atoms. The Morgan fingerprint density at radius 1 is 0.846 bits per heavy atom. The molecule has 5 heteroatoms. The molecule has 0 atom stereocenters. The van der Waals surface area contributed by atoms with E-state index in [1.807, 2.05) is 43.3 Å². The Labute approximate surface area is 156 Å². The van der Waals surface area contributed by atoms with Crippen LogP contribution in [0.3, 0.4) is 0 Å². The number of rotatable bonds is 3. The minimum Gasteiger partial charge on any atom is -0.368 e. The Morgan fingerprint density at radius 3 is 2.46 bits per heavy atom. The van der Waals surface area contributed by atoms with Gasteiger partial charge in [-0.2, -0.15) is 4.98 Å². The average Bonchev–Trinajstić information content (AvgIpc) is 2.60. The van der Waals surface area contributed by atoms with Crippen LogP contribution in [0.4, 0.5) is 17.5 Å². The highest BCUT2D eigenvalue weighted by Gasteiger charge is 2.06. The summed E-state index contributed by atoms with van der Waals surface area (Å²) in [5.41, 5.74) is 9.51. The summed E-state index contributed by atoms with van der Waals surface area (Å²) >= 11 is 6.35. The minimum absolute atomic E-state index is 0.240. The van der Waals surface area contributed by atoms with Crippen molar-refractivity contribution in [3.63, 3.8) is 0 Å². The maximum absolute atomic E-state index is 6.35. The second-order valence-corrected chi connectivity index (χ2v) is 6.60. The van der Waals surface area contributed by atoms with Crippen molar-refractivity contribution < 1.29 is 0 Å². The summed E-state index contributed by atoms with van der Waals surface area (Å²) in [7, 11) is 0. The fourth-order valence-electron chi connectivity index (χ4n) is 3.00. The van der Waals surface area contributed by atoms with Crippen LogP contribution in [0, 0.1) is 6.92 Å². The van der Waals surface area contributed by atoms with Crippen LogP contribution in [0.25, 0.3) is 21.9 Å². The lowest BCUT2D eigenvalue weighted by Gasteiger charge is -2.11. The van der Waals surface area contributed by atoms with Gasteiger partial charge in [0, 0.05) is 22.5 Å². The van der Waals surface area contributed by atoms with E-state index >= 15 is 0 Å². The number of hydrogen-bond donors (Lipinski definition) is 2. The first kappa shape index (κ1) is 16.4. The van der Waals surface area contributed by atoms with E-state index in [-0.39, 0.29) is 5.95 Å². The summed E-state index contributed by atoms with van der Waals surface area (Å²) in [6, 6.07) is 22.4. The lowest BCUT2D eigenvalue weighted by Crippen LogP contribution is -2.01. The van der Waals surface area contributed by atoms with Crippen LogP contribution in [-0.2, 0) is 0 Å². The van der Waals surface area contributed by atoms with Crippen LogP contribution in [0.15, 0.2) is 66.7 Å². The molecule has 4 nitrogen and oxygen atoms in total. The zero-order valence-corrected chi connectivity index (χ0v) is 15.0. The maximum Gasteiger partial charge on any atom is 0.222 e. The van der Waals surface area contributed by atoms with E-state index in [2.05, 4.69) is 45.6 Å². The second kappa shape index (κ2) is 6.65. The number of nitrogens with zero attached hydrogens (tertiary/aromatic N) is 2. The predicted octanol–water partition coefficient (Wildman–Crippen LogP) is 5.58. The van der Waals surface area contributed by atoms with Gasteiger partial charge in [-0.25, -0.2) is 4.98 Å². The highest BCUT2D eigenvalue weighted by atomic mass is 35.5. The number of nitrogens with one attached hydrogen (secondary N) is 1. The van der Waals surface area contributed by atoms with Gasteiger partial charge in [0.1, 0.15) is 5.82 Å². The molecule has 1 heterocycles. The number of halogens is 1. The van der Waals surface area contributed by atoms with Crippen LogP contribution in [0.2, 0.25) is 5.02 Å². The van der Waals surface area contributed by atoms with Gasteiger partial charge >= 0.3 is 0 Å². The van der Waals surface area contributed by atoms with E-state index in [9.17, 15) is 0 Å². The molecule has 0 aliphatic carbocycles. The van der Waals surface area contributed by atoms with Crippen molar-refractivity contribution >= 4 is 39.8 Å². The molecule has 128 valence electrons. The Balaban J connectivity index is 1.73. The summed E-state index contributed by atoms with van der Waals surface area (Å²) in [6.45, 7) is 1.88. The van der Waals surface area contributed by atoms with Crippen molar-refractivity contribution in [3.8, 4) is 11.1 Å². The van der Waals surface area contributed by atoms with Gasteiger partial charge in [0.05, 0.1) is 0 Å². The SMILES string of the molecule is Cc1cc(Nc2cc(Cl)cc(-c3ccc4ccccc4c3)c2)nc(N)n1. The molecule has 0 radical (unpaired) electrons. The standard InChI is InChI=1S/C21H17ClN4/c1-13-8-20(26-21(23)24-13)25-19-11-17(10-18(22)12-19)16-7-6-14-4-2-3-5-15(14)9-16/h2-12H,1H3,(H3,23,24,25,26). The van der Waals surface area contributed by atoms with E-state index in [1.54, 1.807) is 0 Å². The van der Waals surface area contributed by atoms with Crippen LogP contribution in [-0.4, -0.2) is 9.97 Å². The molecule has 3 aromatic carbocycles. The Hall–Kier alpha value is -3.11. The fourth-order valence-corrected chi connectivity index (χ4v) is 3.24. The highest BCUT2D eigenvalue weighted by molar-refractivity contribution is 6.31. The van der Waals surface area contributed by atoms with Gasteiger partial charge in [0.25, 0.3) is 0 Å². The molecule has 26 heavy (non-hydrogen) atoms. The topological polar surface area (TPSA) is 63.8 Å². The van der Waals surface area contributed by atoms with Gasteiger partial charge in [0.2, 0.25) is 5.95 Å². The fraction of sp³-hybridized carbons (Fsp3) is 0.0476. The minimum atomic E-state index is 0.240. The molecule has 0 saturated heterocycles. The van der Waals surface area contributed by atoms with E-state index in [0.29, 0.717) is 10.8 Å². The molecular formula is C21H17ClN4. The summed E-state index contributed by atoms with van der Waals surface area (Å²) in [4.78, 5) is 8.30. The van der Waals surface area contributed by atoms with E-state index in [0.717, 1.165) is 22.5 Å². The van der Waals surface area contributed by atoms with Crippen molar-refractivity contribution in [2.45, 2.75) is 6.92 Å². The zero-order chi connectivity index (χ0) is 18.1. The third-order valence-corrected chi connectivity index (χ3v) is 4.34. The number of nitrogens with two attached hydrogens (primary N) is 1. The van der Waals surface area contributed by atoms with Gasteiger partial charge < -0.3 is 11.1 Å². The Morgan fingerprint density at radius 2 is 1.65 bits per heavy atom. The lowest BCUT2D eigenvalue weighted by molar-refractivity contribution is 1.12. The van der Waals surface area contributed by atoms with Crippen LogP contribution < -0.4 is 11.1 Å². The molecule has 0 amide bonds. The number of fused-ring (bicyclic) bond motifs is 1. The van der Waals surface area contributed by atoms with Gasteiger partial charge in [0.15, 0.2) is 0 Å². The normalized spacial score (nSPS) is 10.8. The zero-order valence-electron chi connectivity index (χ0n) is 14.2. The van der Waals surface area contributed by atoms with Crippen LogP contribution in [0.1, 0.15) is 5.69 Å². The lowest BCUT2D eigenvalue weighted by atomic mass is 10.0. The van der Waals surface area contributed by atoms with Crippen molar-refractivity contribution in [2.24, 2.45) is 0 Å². The van der Waals surface area contributed by atoms with Crippen LogP contribution >= 0.6 is 11.6 Å². The predicted molar refractivity (Wildman–Crippen MR) is 109 cm³/mol. The van der Waals surface area contributed by atoms with Crippen LogP contribution in [0.5, 0.6) is 0 Å². The first-order valence-electron chi connectivity index (χ1n) is 8.25. The quantitative estimate of drug-likeness (QED) is 0.500. The van der Waals surface area contributed by atoms with E-state index in [1.165, 1.54) is 10.8 Å². The average molecular weight is 361 g/mol. The van der Waals surface area contributed by atoms with Crippen molar-refractivity contribution in [2.75, 3.05) is 11.1 Å². The number of nitrogen functional groups attached to an aromatic ring is 1. The summed E-state index contributed by atoms with van der Waals surface area (Å²) in [5, 5.41) is 6.31. The van der Waals surface area contributed by atoms with E-state index in [4.69, 9.17) is 17.3 Å². The third-order valence-electron chi connectivity index (χ3n) is 4.12. The van der Waals surface area contributed by atoms with Crippen molar-refractivity contribution in [3.05, 3.63) is 77.4 Å². The highest BCUT2D eigenvalue weighted by Crippen LogP contribution is 2.30. The van der Waals surface area contributed by atoms with Gasteiger partial charge in [-0.15, -0.1) is 0 Å². The molecule has 4 rings (SSSR count). The molecule has 1 aromatic heterocycles. The molecule has 0 fully saturated rings. The molecule has 0 aliphatic rings. The summed E-state index contributed by atoms with van der Waals surface area (Å²) < 4.78 is 0. The molecule has 4 aromatic rings. The number of hydrogen-bond acceptors (Lipinski definition) is 4. The Bertz CT molecular complexity index is 1090. The second-order valence-electron chi connectivity index (χ2n) is 6.17. The molecule has 3 N–H and O–H groups in total. The third kappa shape index (κ3) is 3.46. The largest absolute Gasteiger partial charge is 0.368 e. The Kier molecular flexibility index (Phi) is 4.19. The molecule has 0 unspecified atom stereocenters. The maximum atomic E-state index is 6.35. The van der Waals surface area contributed by atoms with Crippen molar-refractivity contribution in [1.29, 1.82) is 0 Å². The molecule has 0 aliphatic heterocycles. The van der Waals surface area contributed by atoms with E-state index < -0.39 is 0 Å². The number of benzene rings is 3. The number of aryl methyl sites for hydroxylation is 1. The summed E-state index contributed by atoms with van der Waals surface area (Å²) in [5.74, 6) is 0.881. The van der Waals surface area contributed by atoms with Gasteiger partial charge in [-0.3, -0.25) is 0 Å². The smallest absolute Gasteiger partial charge is 0.222 e. The first-order chi connectivity index (χ1) is 12.6. The summed E-state index contributed by atoms with van der Waals surface area (Å²) in [6.07, 6.45) is 0. The number of aromatic nitrogens is 2. The van der Waals surface area contributed by atoms with Gasteiger partial charge in [-0.1, -0.05) is 48.0 Å².